The largest absolute Gasteiger partial charge is 0.480 e. The Morgan fingerprint density at radius 1 is 1.06 bits per heavy atom. The van der Waals surface area contributed by atoms with E-state index in [2.05, 4.69) is 20.6 Å². The molecule has 3 aromatic heterocycles. The summed E-state index contributed by atoms with van der Waals surface area (Å²) in [7, 11) is 1.94. The molecule has 0 bridgehead atoms. The molecule has 0 fully saturated rings. The van der Waals surface area contributed by atoms with Crippen molar-refractivity contribution in [1.29, 1.82) is 0 Å². The smallest absolute Gasteiger partial charge is 0.326 e. The van der Waals surface area contributed by atoms with Gasteiger partial charge in [-0.05, 0) is 49.2 Å². The van der Waals surface area contributed by atoms with Crippen molar-refractivity contribution in [2.75, 3.05) is 0 Å². The van der Waals surface area contributed by atoms with Crippen LogP contribution in [0.4, 0.5) is 0 Å². The van der Waals surface area contributed by atoms with E-state index in [9.17, 15) is 14.7 Å². The summed E-state index contributed by atoms with van der Waals surface area (Å²) in [6.45, 7) is 1.13. The van der Waals surface area contributed by atoms with Gasteiger partial charge >= 0.3 is 5.97 Å². The normalized spacial score (nSPS) is 12.8. The lowest BCUT2D eigenvalue weighted by Gasteiger charge is -2.18. The average Bonchev–Trinajstić information content (AvgIpc) is 3.21. The maximum atomic E-state index is 12.5. The van der Waals surface area contributed by atoms with Gasteiger partial charge in [-0.15, -0.1) is 0 Å². The van der Waals surface area contributed by atoms with Crippen molar-refractivity contribution >= 4 is 11.9 Å². The number of aliphatic carboxylic acids is 1. The summed E-state index contributed by atoms with van der Waals surface area (Å²) in [5.41, 5.74) is 9.26. The molecule has 1 amide bonds. The molecule has 0 aliphatic rings. The molecule has 0 saturated heterocycles. The highest BCUT2D eigenvalue weighted by Crippen LogP contribution is 2.09. The maximum Gasteiger partial charge on any atom is 0.326 e. The summed E-state index contributed by atoms with van der Waals surface area (Å²) < 4.78 is 1.99. The SMILES string of the molecule is Cn1cccc1CC(N)CC[C@H](NC(=O)c1ccc(CNCc2ccccn2)nc1)C(=O)O. The van der Waals surface area contributed by atoms with Gasteiger partial charge in [0, 0.05) is 56.9 Å². The summed E-state index contributed by atoms with van der Waals surface area (Å²) in [5.74, 6) is -1.56. The third kappa shape index (κ3) is 7.51. The number of carboxylic acid groups (broad SMARTS) is 1. The molecule has 2 atom stereocenters. The summed E-state index contributed by atoms with van der Waals surface area (Å²) in [6.07, 6.45) is 6.50. The van der Waals surface area contributed by atoms with Crippen LogP contribution in [-0.2, 0) is 31.4 Å². The van der Waals surface area contributed by atoms with Gasteiger partial charge < -0.3 is 26.0 Å². The van der Waals surface area contributed by atoms with Crippen LogP contribution in [0.25, 0.3) is 0 Å². The minimum Gasteiger partial charge on any atom is -0.480 e. The Bertz CT molecular complexity index is 1040. The molecule has 174 valence electrons. The number of amides is 1. The maximum absolute atomic E-state index is 12.5. The first kappa shape index (κ1) is 24.1. The van der Waals surface area contributed by atoms with Gasteiger partial charge in [-0.1, -0.05) is 6.07 Å². The first-order valence-electron chi connectivity index (χ1n) is 10.9. The molecule has 5 N–H and O–H groups in total. The van der Waals surface area contributed by atoms with Crippen molar-refractivity contribution in [3.8, 4) is 0 Å². The second-order valence-electron chi connectivity index (χ2n) is 7.98. The Balaban J connectivity index is 1.47. The first-order valence-corrected chi connectivity index (χ1v) is 10.9. The zero-order valence-electron chi connectivity index (χ0n) is 18.6. The predicted octanol–water partition coefficient (Wildman–Crippen LogP) is 1.64. The van der Waals surface area contributed by atoms with Crippen LogP contribution >= 0.6 is 0 Å². The van der Waals surface area contributed by atoms with Crippen LogP contribution in [0.5, 0.6) is 0 Å². The topological polar surface area (TPSA) is 135 Å². The molecule has 3 rings (SSSR count). The van der Waals surface area contributed by atoms with E-state index >= 15 is 0 Å². The second-order valence-corrected chi connectivity index (χ2v) is 7.98. The van der Waals surface area contributed by atoms with E-state index < -0.39 is 17.9 Å². The van der Waals surface area contributed by atoms with Gasteiger partial charge in [0.05, 0.1) is 17.0 Å². The molecule has 0 saturated carbocycles. The van der Waals surface area contributed by atoms with Crippen LogP contribution in [0, 0.1) is 0 Å². The number of pyridine rings is 2. The fourth-order valence-electron chi connectivity index (χ4n) is 3.44. The van der Waals surface area contributed by atoms with E-state index in [1.54, 1.807) is 18.3 Å². The Hall–Kier alpha value is -3.56. The number of hydrogen-bond donors (Lipinski definition) is 4. The van der Waals surface area contributed by atoms with Gasteiger partial charge in [0.2, 0.25) is 0 Å². The Morgan fingerprint density at radius 2 is 1.85 bits per heavy atom. The monoisotopic (exact) mass is 450 g/mol. The number of carbonyl (C=O) groups excluding carboxylic acids is 1. The Labute approximate surface area is 193 Å². The molecule has 0 spiro atoms. The van der Waals surface area contributed by atoms with Gasteiger partial charge in [-0.2, -0.15) is 0 Å². The summed E-state index contributed by atoms with van der Waals surface area (Å²) in [5, 5.41) is 15.4. The van der Waals surface area contributed by atoms with E-state index in [0.29, 0.717) is 31.5 Å². The van der Waals surface area contributed by atoms with Gasteiger partial charge in [-0.25, -0.2) is 4.79 Å². The molecule has 33 heavy (non-hydrogen) atoms. The molecule has 9 heteroatoms. The van der Waals surface area contributed by atoms with E-state index in [1.807, 2.05) is 48.1 Å². The number of rotatable bonds is 12. The molecular formula is C24H30N6O3. The number of carboxylic acids is 1. The lowest BCUT2D eigenvalue weighted by molar-refractivity contribution is -0.139. The van der Waals surface area contributed by atoms with Crippen molar-refractivity contribution in [1.82, 2.24) is 25.2 Å². The number of nitrogens with two attached hydrogens (primary N) is 1. The highest BCUT2D eigenvalue weighted by Gasteiger charge is 2.22. The molecule has 0 aliphatic heterocycles. The molecular weight excluding hydrogens is 420 g/mol. The lowest BCUT2D eigenvalue weighted by atomic mass is 10.0. The minimum absolute atomic E-state index is 0.197. The highest BCUT2D eigenvalue weighted by molar-refractivity contribution is 5.96. The fraction of sp³-hybridized carbons (Fsp3) is 0.333. The van der Waals surface area contributed by atoms with E-state index in [4.69, 9.17) is 5.73 Å². The van der Waals surface area contributed by atoms with E-state index in [-0.39, 0.29) is 12.5 Å². The van der Waals surface area contributed by atoms with Crippen molar-refractivity contribution in [2.45, 2.75) is 44.4 Å². The zero-order chi connectivity index (χ0) is 23.6. The van der Waals surface area contributed by atoms with E-state index in [1.165, 1.54) is 6.20 Å². The number of carbonyl (C=O) groups is 2. The van der Waals surface area contributed by atoms with Gasteiger partial charge in [0.25, 0.3) is 5.91 Å². The van der Waals surface area contributed by atoms with Crippen LogP contribution in [0.1, 0.15) is 40.3 Å². The minimum atomic E-state index is -1.09. The summed E-state index contributed by atoms with van der Waals surface area (Å²) in [6, 6.07) is 11.8. The lowest BCUT2D eigenvalue weighted by Crippen LogP contribution is -2.42. The van der Waals surface area contributed by atoms with Crippen molar-refractivity contribution in [3.63, 3.8) is 0 Å². The Kier molecular flexibility index (Phi) is 8.68. The van der Waals surface area contributed by atoms with Crippen LogP contribution in [0.3, 0.4) is 0 Å². The number of nitrogens with zero attached hydrogens (tertiary/aromatic N) is 3. The fourth-order valence-corrected chi connectivity index (χ4v) is 3.44. The quantitative estimate of drug-likeness (QED) is 0.329. The average molecular weight is 451 g/mol. The van der Waals surface area contributed by atoms with Crippen LogP contribution < -0.4 is 16.4 Å². The molecule has 3 aromatic rings. The van der Waals surface area contributed by atoms with Gasteiger partial charge in [0.1, 0.15) is 6.04 Å². The molecule has 9 nitrogen and oxygen atoms in total. The van der Waals surface area contributed by atoms with Crippen molar-refractivity contribution < 1.29 is 14.7 Å². The second kappa shape index (κ2) is 11.9. The summed E-state index contributed by atoms with van der Waals surface area (Å²) in [4.78, 5) is 32.7. The standard InChI is InChI=1S/C24H30N6O3/c1-30-12-4-6-21(30)13-18(25)8-10-22(24(32)33)29-23(31)17-7-9-20(28-14-17)16-26-15-19-5-2-3-11-27-19/h2-7,9,11-12,14,18,22,26H,8,10,13,15-16,25H2,1H3,(H,29,31)(H,32,33)/t18?,22-/m0/s1. The Morgan fingerprint density at radius 3 is 2.45 bits per heavy atom. The van der Waals surface area contributed by atoms with Gasteiger partial charge in [-0.3, -0.25) is 14.8 Å². The van der Waals surface area contributed by atoms with Gasteiger partial charge in [0.15, 0.2) is 0 Å². The molecule has 1 unspecified atom stereocenters. The number of hydrogen-bond acceptors (Lipinski definition) is 6. The molecule has 0 aliphatic carbocycles. The predicted molar refractivity (Wildman–Crippen MR) is 124 cm³/mol. The van der Waals surface area contributed by atoms with Crippen LogP contribution in [-0.4, -0.2) is 43.6 Å². The number of aromatic nitrogens is 3. The molecule has 0 aromatic carbocycles. The molecule has 3 heterocycles. The van der Waals surface area contributed by atoms with Crippen LogP contribution in [0.2, 0.25) is 0 Å². The number of nitrogens with one attached hydrogen (secondary N) is 2. The number of aryl methyl sites for hydroxylation is 1. The van der Waals surface area contributed by atoms with Crippen molar-refractivity contribution in [3.05, 3.63) is 83.7 Å². The first-order chi connectivity index (χ1) is 15.9. The zero-order valence-corrected chi connectivity index (χ0v) is 18.6. The van der Waals surface area contributed by atoms with E-state index in [0.717, 1.165) is 17.1 Å². The highest BCUT2D eigenvalue weighted by atomic mass is 16.4. The third-order valence-corrected chi connectivity index (χ3v) is 5.38. The van der Waals surface area contributed by atoms with Crippen LogP contribution in [0.15, 0.2) is 61.1 Å². The van der Waals surface area contributed by atoms with Crippen molar-refractivity contribution in [2.24, 2.45) is 12.8 Å². The summed E-state index contributed by atoms with van der Waals surface area (Å²) >= 11 is 0. The molecule has 0 radical (unpaired) electrons. The third-order valence-electron chi connectivity index (χ3n) is 5.38.